The van der Waals surface area contributed by atoms with E-state index in [1.807, 2.05) is 32.9 Å². The Morgan fingerprint density at radius 2 is 2.19 bits per heavy atom. The Bertz CT molecular complexity index is 327. The van der Waals surface area contributed by atoms with E-state index >= 15 is 0 Å². The first-order valence-electron chi connectivity index (χ1n) is 5.58. The lowest BCUT2D eigenvalue weighted by Gasteiger charge is -2.33. The molecule has 0 aliphatic carbocycles. The van der Waals surface area contributed by atoms with E-state index < -0.39 is 11.7 Å². The highest BCUT2D eigenvalue weighted by Crippen LogP contribution is 2.28. The molecule has 0 radical (unpaired) electrons. The van der Waals surface area contributed by atoms with Crippen LogP contribution in [0.4, 0.5) is 0 Å². The maximum absolute atomic E-state index is 10.2. The second-order valence-corrected chi connectivity index (χ2v) is 6.57. The Balaban J connectivity index is 2.65. The summed E-state index contributed by atoms with van der Waals surface area (Å²) in [7, 11) is 0. The number of halogens is 1. The summed E-state index contributed by atoms with van der Waals surface area (Å²) in [6.45, 7) is 6.62. The molecule has 16 heavy (non-hydrogen) atoms. The van der Waals surface area contributed by atoms with Gasteiger partial charge in [-0.2, -0.15) is 0 Å². The Labute approximate surface area is 110 Å². The molecule has 92 valence electrons. The van der Waals surface area contributed by atoms with Crippen LogP contribution in [0.5, 0.6) is 0 Å². The van der Waals surface area contributed by atoms with Crippen molar-refractivity contribution >= 4 is 27.3 Å². The molecule has 0 amide bonds. The molecule has 0 spiro atoms. The Hall–Kier alpha value is 0.1000. The minimum absolute atomic E-state index is 0.439. The van der Waals surface area contributed by atoms with Gasteiger partial charge in [-0.25, -0.2) is 0 Å². The van der Waals surface area contributed by atoms with Crippen LogP contribution < -0.4 is 0 Å². The number of hydrogen-bond acceptors (Lipinski definition) is 3. The molecule has 2 nitrogen and oxygen atoms in total. The molecule has 0 saturated heterocycles. The Morgan fingerprint density at radius 3 is 2.62 bits per heavy atom. The molecule has 0 saturated carbocycles. The third-order valence-electron chi connectivity index (χ3n) is 2.90. The van der Waals surface area contributed by atoms with Crippen LogP contribution in [0.15, 0.2) is 15.9 Å². The molecule has 1 aromatic heterocycles. The van der Waals surface area contributed by atoms with E-state index in [1.54, 1.807) is 11.3 Å². The predicted molar refractivity (Wildman–Crippen MR) is 72.1 cm³/mol. The second kappa shape index (κ2) is 6.15. The van der Waals surface area contributed by atoms with Gasteiger partial charge in [0.05, 0.1) is 15.5 Å². The summed E-state index contributed by atoms with van der Waals surface area (Å²) in [6, 6.07) is 4.05. The van der Waals surface area contributed by atoms with E-state index in [-0.39, 0.29) is 0 Å². The van der Waals surface area contributed by atoms with E-state index in [4.69, 9.17) is 4.74 Å². The van der Waals surface area contributed by atoms with Crippen LogP contribution in [0.2, 0.25) is 0 Å². The Kier molecular flexibility index (Phi) is 5.44. The summed E-state index contributed by atoms with van der Waals surface area (Å²) in [5.41, 5.74) is -0.439. The molecule has 2 atom stereocenters. The van der Waals surface area contributed by atoms with E-state index in [1.165, 1.54) is 4.88 Å². The number of thiophene rings is 1. The zero-order valence-corrected chi connectivity index (χ0v) is 12.4. The van der Waals surface area contributed by atoms with Crippen molar-refractivity contribution in [1.29, 1.82) is 0 Å². The zero-order valence-electron chi connectivity index (χ0n) is 10.00. The molecule has 1 aromatic rings. The first-order valence-corrected chi connectivity index (χ1v) is 7.19. The van der Waals surface area contributed by atoms with Crippen molar-refractivity contribution in [3.8, 4) is 0 Å². The van der Waals surface area contributed by atoms with Gasteiger partial charge in [-0.15, -0.1) is 11.3 Å². The van der Waals surface area contributed by atoms with Crippen LogP contribution in [0.25, 0.3) is 0 Å². The average Bonchev–Trinajstić information content (AvgIpc) is 2.64. The molecule has 0 fully saturated rings. The fourth-order valence-corrected chi connectivity index (χ4v) is 3.15. The number of hydrogen-bond donors (Lipinski definition) is 1. The van der Waals surface area contributed by atoms with Crippen molar-refractivity contribution < 1.29 is 9.84 Å². The molecule has 0 aliphatic heterocycles. The molecule has 0 aromatic carbocycles. The number of rotatable bonds is 6. The standard InChI is InChI=1S/C12H19BrO2S/c1-4-12(3,15-5-2)10(14)8-9-6-7-11(13)16-9/h6-7,10,14H,4-5,8H2,1-3H3. The van der Waals surface area contributed by atoms with Crippen molar-refractivity contribution in [3.63, 3.8) is 0 Å². The van der Waals surface area contributed by atoms with Crippen LogP contribution in [-0.4, -0.2) is 23.4 Å². The van der Waals surface area contributed by atoms with Gasteiger partial charge in [0.25, 0.3) is 0 Å². The fourth-order valence-electron chi connectivity index (χ4n) is 1.63. The first-order chi connectivity index (χ1) is 7.51. The van der Waals surface area contributed by atoms with Crippen LogP contribution >= 0.6 is 27.3 Å². The molecule has 0 aliphatic rings. The van der Waals surface area contributed by atoms with Gasteiger partial charge in [-0.1, -0.05) is 6.92 Å². The van der Waals surface area contributed by atoms with Crippen molar-refractivity contribution in [3.05, 3.63) is 20.8 Å². The third-order valence-corrected chi connectivity index (χ3v) is 4.55. The summed E-state index contributed by atoms with van der Waals surface area (Å²) in [6.07, 6.45) is 1.01. The van der Waals surface area contributed by atoms with Crippen molar-refractivity contribution in [1.82, 2.24) is 0 Å². The van der Waals surface area contributed by atoms with E-state index in [9.17, 15) is 5.11 Å². The van der Waals surface area contributed by atoms with Gasteiger partial charge >= 0.3 is 0 Å². The normalized spacial score (nSPS) is 17.1. The molecule has 4 heteroatoms. The summed E-state index contributed by atoms with van der Waals surface area (Å²) in [5.74, 6) is 0. The Morgan fingerprint density at radius 1 is 1.50 bits per heavy atom. The largest absolute Gasteiger partial charge is 0.390 e. The third kappa shape index (κ3) is 3.55. The molecular weight excluding hydrogens is 288 g/mol. The summed E-state index contributed by atoms with van der Waals surface area (Å²) < 4.78 is 6.76. The molecular formula is C12H19BrO2S. The lowest BCUT2D eigenvalue weighted by atomic mass is 9.93. The van der Waals surface area contributed by atoms with E-state index in [0.29, 0.717) is 13.0 Å². The minimum atomic E-state index is -0.456. The van der Waals surface area contributed by atoms with Gasteiger partial charge in [0, 0.05) is 17.9 Å². The molecule has 1 rings (SSSR count). The SMILES string of the molecule is CCOC(C)(CC)C(O)Cc1ccc(Br)s1. The summed E-state index contributed by atoms with van der Waals surface area (Å²) in [5, 5.41) is 10.2. The van der Waals surface area contributed by atoms with Crippen molar-refractivity contribution in [2.45, 2.75) is 45.3 Å². The van der Waals surface area contributed by atoms with Crippen LogP contribution in [0, 0.1) is 0 Å². The highest BCUT2D eigenvalue weighted by molar-refractivity contribution is 9.11. The smallest absolute Gasteiger partial charge is 0.0913 e. The maximum Gasteiger partial charge on any atom is 0.0913 e. The van der Waals surface area contributed by atoms with Gasteiger partial charge in [0.2, 0.25) is 0 Å². The first kappa shape index (κ1) is 14.2. The summed E-state index contributed by atoms with van der Waals surface area (Å²) in [4.78, 5) is 1.18. The molecule has 1 heterocycles. The zero-order chi connectivity index (χ0) is 12.2. The maximum atomic E-state index is 10.2. The van der Waals surface area contributed by atoms with Gasteiger partial charge < -0.3 is 9.84 Å². The number of ether oxygens (including phenoxy) is 1. The second-order valence-electron chi connectivity index (χ2n) is 4.02. The van der Waals surface area contributed by atoms with Crippen LogP contribution in [-0.2, 0) is 11.2 Å². The van der Waals surface area contributed by atoms with Crippen LogP contribution in [0.3, 0.4) is 0 Å². The quantitative estimate of drug-likeness (QED) is 0.870. The van der Waals surface area contributed by atoms with Gasteiger partial charge in [0.1, 0.15) is 0 Å². The fraction of sp³-hybridized carbons (Fsp3) is 0.667. The summed E-state index contributed by atoms with van der Waals surface area (Å²) >= 11 is 5.09. The van der Waals surface area contributed by atoms with Gasteiger partial charge in [0.15, 0.2) is 0 Å². The van der Waals surface area contributed by atoms with Crippen molar-refractivity contribution in [2.75, 3.05) is 6.61 Å². The predicted octanol–water partition coefficient (Wildman–Crippen LogP) is 3.62. The number of aliphatic hydroxyl groups is 1. The minimum Gasteiger partial charge on any atom is -0.390 e. The van der Waals surface area contributed by atoms with E-state index in [2.05, 4.69) is 15.9 Å². The lowest BCUT2D eigenvalue weighted by molar-refractivity contribution is -0.109. The van der Waals surface area contributed by atoms with E-state index in [0.717, 1.165) is 10.2 Å². The van der Waals surface area contributed by atoms with Crippen LogP contribution in [0.1, 0.15) is 32.1 Å². The van der Waals surface area contributed by atoms with Gasteiger partial charge in [-0.05, 0) is 48.3 Å². The topological polar surface area (TPSA) is 29.5 Å². The molecule has 1 N–H and O–H groups in total. The molecule has 0 bridgehead atoms. The molecule has 2 unspecified atom stereocenters. The highest BCUT2D eigenvalue weighted by atomic mass is 79.9. The lowest BCUT2D eigenvalue weighted by Crippen LogP contribution is -2.42. The monoisotopic (exact) mass is 306 g/mol. The number of aliphatic hydroxyl groups excluding tert-OH is 1. The highest BCUT2D eigenvalue weighted by Gasteiger charge is 2.32. The van der Waals surface area contributed by atoms with Gasteiger partial charge in [-0.3, -0.25) is 0 Å². The average molecular weight is 307 g/mol. The van der Waals surface area contributed by atoms with Crippen molar-refractivity contribution in [2.24, 2.45) is 0 Å².